The monoisotopic (exact) mass is 452 g/mol. The second-order valence-electron chi connectivity index (χ2n) is 5.05. The van der Waals surface area contributed by atoms with Gasteiger partial charge in [-0.05, 0) is 24.6 Å². The molecular formula is C15H22ClIN4O2. The molecule has 0 saturated carbocycles. The van der Waals surface area contributed by atoms with Crippen molar-refractivity contribution in [3.63, 3.8) is 0 Å². The highest BCUT2D eigenvalue weighted by molar-refractivity contribution is 14.0. The smallest absolute Gasteiger partial charge is 0.226 e. The lowest BCUT2D eigenvalue weighted by Crippen LogP contribution is -2.44. The Bertz CT molecular complexity index is 562. The molecule has 1 aliphatic rings. The summed E-state index contributed by atoms with van der Waals surface area (Å²) in [5, 5.41) is 3.47. The van der Waals surface area contributed by atoms with Gasteiger partial charge in [0, 0.05) is 30.2 Å². The summed E-state index contributed by atoms with van der Waals surface area (Å²) in [6, 6.07) is 5.42. The van der Waals surface area contributed by atoms with Crippen molar-refractivity contribution in [1.29, 1.82) is 0 Å². The van der Waals surface area contributed by atoms with E-state index in [-0.39, 0.29) is 36.3 Å². The van der Waals surface area contributed by atoms with E-state index in [4.69, 9.17) is 22.1 Å². The molecule has 0 aliphatic carbocycles. The number of ether oxygens (including phenoxy) is 1. The SMILES string of the molecule is Cc1c(Cl)cccc1NC(=O)CCN=C(N)N1CCOCC1.I. The molecule has 8 heteroatoms. The summed E-state index contributed by atoms with van der Waals surface area (Å²) in [5.41, 5.74) is 7.48. The van der Waals surface area contributed by atoms with E-state index in [9.17, 15) is 4.79 Å². The minimum atomic E-state index is -0.108. The molecule has 0 bridgehead atoms. The van der Waals surface area contributed by atoms with E-state index in [1.165, 1.54) is 0 Å². The lowest BCUT2D eigenvalue weighted by atomic mass is 10.2. The third kappa shape index (κ3) is 6.15. The van der Waals surface area contributed by atoms with Gasteiger partial charge in [-0.2, -0.15) is 0 Å². The van der Waals surface area contributed by atoms with E-state index in [1.54, 1.807) is 12.1 Å². The quantitative estimate of drug-likeness (QED) is 0.417. The maximum absolute atomic E-state index is 11.9. The van der Waals surface area contributed by atoms with Gasteiger partial charge in [-0.15, -0.1) is 24.0 Å². The topological polar surface area (TPSA) is 80.0 Å². The van der Waals surface area contributed by atoms with Gasteiger partial charge in [0.15, 0.2) is 5.96 Å². The van der Waals surface area contributed by atoms with Crippen LogP contribution < -0.4 is 11.1 Å². The van der Waals surface area contributed by atoms with Crippen LogP contribution in [0.15, 0.2) is 23.2 Å². The molecule has 1 saturated heterocycles. The Morgan fingerprint density at radius 2 is 2.13 bits per heavy atom. The number of guanidine groups is 1. The Hall–Kier alpha value is -1.06. The highest BCUT2D eigenvalue weighted by Crippen LogP contribution is 2.22. The molecule has 1 aromatic rings. The van der Waals surface area contributed by atoms with Crippen LogP contribution in [0.4, 0.5) is 5.69 Å². The van der Waals surface area contributed by atoms with Crippen LogP contribution in [0.1, 0.15) is 12.0 Å². The van der Waals surface area contributed by atoms with Gasteiger partial charge in [-0.3, -0.25) is 9.79 Å². The van der Waals surface area contributed by atoms with Crippen LogP contribution in [0, 0.1) is 6.92 Å². The second kappa shape index (κ2) is 9.94. The number of hydrogen-bond donors (Lipinski definition) is 2. The van der Waals surface area contributed by atoms with Crippen LogP contribution in [-0.4, -0.2) is 49.6 Å². The molecule has 1 heterocycles. The van der Waals surface area contributed by atoms with E-state index < -0.39 is 0 Å². The van der Waals surface area contributed by atoms with Crippen molar-refractivity contribution in [1.82, 2.24) is 4.90 Å². The summed E-state index contributed by atoms with van der Waals surface area (Å²) in [5.74, 6) is 0.360. The normalized spacial score (nSPS) is 15.0. The van der Waals surface area contributed by atoms with Crippen LogP contribution >= 0.6 is 35.6 Å². The van der Waals surface area contributed by atoms with Crippen molar-refractivity contribution in [2.45, 2.75) is 13.3 Å². The van der Waals surface area contributed by atoms with Gasteiger partial charge in [0.2, 0.25) is 5.91 Å². The van der Waals surface area contributed by atoms with E-state index >= 15 is 0 Å². The third-order valence-electron chi connectivity index (χ3n) is 3.49. The zero-order valence-corrected chi connectivity index (χ0v) is 16.1. The first-order valence-electron chi connectivity index (χ1n) is 7.25. The lowest BCUT2D eigenvalue weighted by Gasteiger charge is -2.27. The molecule has 1 aromatic carbocycles. The molecule has 3 N–H and O–H groups in total. The van der Waals surface area contributed by atoms with Crippen molar-refractivity contribution < 1.29 is 9.53 Å². The van der Waals surface area contributed by atoms with Gasteiger partial charge < -0.3 is 20.7 Å². The number of morpholine rings is 1. The molecule has 1 aliphatic heterocycles. The summed E-state index contributed by atoms with van der Waals surface area (Å²) in [6.07, 6.45) is 0.275. The fourth-order valence-corrected chi connectivity index (χ4v) is 2.29. The minimum absolute atomic E-state index is 0. The predicted molar refractivity (Wildman–Crippen MR) is 104 cm³/mol. The number of nitrogens with one attached hydrogen (secondary N) is 1. The number of nitrogens with two attached hydrogens (primary N) is 1. The maximum Gasteiger partial charge on any atom is 0.226 e. The lowest BCUT2D eigenvalue weighted by molar-refractivity contribution is -0.116. The van der Waals surface area contributed by atoms with Gasteiger partial charge in [0.25, 0.3) is 0 Å². The Labute approximate surface area is 158 Å². The van der Waals surface area contributed by atoms with Crippen molar-refractivity contribution in [3.8, 4) is 0 Å². The fourth-order valence-electron chi connectivity index (χ4n) is 2.12. The number of aliphatic imine (C=N–C) groups is 1. The largest absolute Gasteiger partial charge is 0.378 e. The number of carbonyl (C=O) groups is 1. The molecule has 0 unspecified atom stereocenters. The minimum Gasteiger partial charge on any atom is -0.378 e. The van der Waals surface area contributed by atoms with Crippen molar-refractivity contribution in [2.75, 3.05) is 38.2 Å². The fraction of sp³-hybridized carbons (Fsp3) is 0.467. The molecule has 2 rings (SSSR count). The second-order valence-corrected chi connectivity index (χ2v) is 5.46. The van der Waals surface area contributed by atoms with Crippen molar-refractivity contribution in [3.05, 3.63) is 28.8 Å². The number of rotatable bonds is 4. The number of carbonyl (C=O) groups excluding carboxylic acids is 1. The molecule has 1 fully saturated rings. The number of halogens is 2. The average Bonchev–Trinajstić information content (AvgIpc) is 2.52. The molecule has 0 radical (unpaired) electrons. The first-order valence-corrected chi connectivity index (χ1v) is 7.63. The first kappa shape index (κ1) is 20.0. The zero-order valence-electron chi connectivity index (χ0n) is 13.0. The van der Waals surface area contributed by atoms with Crippen LogP contribution in [0.2, 0.25) is 5.02 Å². The maximum atomic E-state index is 11.9. The van der Waals surface area contributed by atoms with Gasteiger partial charge in [0.05, 0.1) is 19.8 Å². The van der Waals surface area contributed by atoms with Crippen molar-refractivity contribution in [2.24, 2.45) is 10.7 Å². The number of anilines is 1. The van der Waals surface area contributed by atoms with Gasteiger partial charge in [0.1, 0.15) is 0 Å². The number of benzene rings is 1. The van der Waals surface area contributed by atoms with E-state index in [2.05, 4.69) is 10.3 Å². The van der Waals surface area contributed by atoms with Crippen LogP contribution in [0.25, 0.3) is 0 Å². The Balaban J connectivity index is 0.00000264. The third-order valence-corrected chi connectivity index (χ3v) is 3.90. The number of nitrogens with zero attached hydrogens (tertiary/aromatic N) is 2. The van der Waals surface area contributed by atoms with Crippen molar-refractivity contribution >= 4 is 53.1 Å². The Morgan fingerprint density at radius 3 is 2.83 bits per heavy atom. The van der Waals surface area contributed by atoms with Gasteiger partial charge in [-0.1, -0.05) is 17.7 Å². The summed E-state index contributed by atoms with van der Waals surface area (Å²) in [4.78, 5) is 18.1. The number of amides is 1. The Kier molecular flexibility index (Phi) is 8.64. The van der Waals surface area contributed by atoms with Crippen LogP contribution in [-0.2, 0) is 9.53 Å². The highest BCUT2D eigenvalue weighted by atomic mass is 127. The molecular weight excluding hydrogens is 431 g/mol. The predicted octanol–water partition coefficient (Wildman–Crippen LogP) is 2.24. The number of hydrogen-bond acceptors (Lipinski definition) is 3. The summed E-state index contributed by atoms with van der Waals surface area (Å²) < 4.78 is 5.25. The molecule has 128 valence electrons. The summed E-state index contributed by atoms with van der Waals surface area (Å²) in [7, 11) is 0. The van der Waals surface area contributed by atoms with Gasteiger partial charge >= 0.3 is 0 Å². The molecule has 0 spiro atoms. The summed E-state index contributed by atoms with van der Waals surface area (Å²) in [6.45, 7) is 5.02. The van der Waals surface area contributed by atoms with Gasteiger partial charge in [-0.25, -0.2) is 0 Å². The Morgan fingerprint density at radius 1 is 1.43 bits per heavy atom. The molecule has 0 aromatic heterocycles. The molecule has 23 heavy (non-hydrogen) atoms. The molecule has 1 amide bonds. The van der Waals surface area contributed by atoms with E-state index in [0.29, 0.717) is 30.7 Å². The zero-order chi connectivity index (χ0) is 15.9. The summed E-state index contributed by atoms with van der Waals surface area (Å²) >= 11 is 6.02. The molecule has 0 atom stereocenters. The van der Waals surface area contributed by atoms with E-state index in [0.717, 1.165) is 24.3 Å². The standard InChI is InChI=1S/C15H21ClN4O2.HI/c1-11-12(16)3-2-4-13(11)19-14(21)5-6-18-15(17)20-7-9-22-10-8-20;/h2-4H,5-10H2,1H3,(H2,17,18)(H,19,21);1H. The highest BCUT2D eigenvalue weighted by Gasteiger charge is 2.12. The average molecular weight is 453 g/mol. The molecule has 6 nitrogen and oxygen atoms in total. The van der Waals surface area contributed by atoms with Crippen LogP contribution in [0.5, 0.6) is 0 Å². The van der Waals surface area contributed by atoms with E-state index in [1.807, 2.05) is 17.9 Å². The van der Waals surface area contributed by atoms with Crippen LogP contribution in [0.3, 0.4) is 0 Å². The first-order chi connectivity index (χ1) is 10.6.